The maximum absolute atomic E-state index is 12.6. The van der Waals surface area contributed by atoms with E-state index >= 15 is 0 Å². The fourth-order valence-corrected chi connectivity index (χ4v) is 4.90. The Kier molecular flexibility index (Phi) is 7.44. The predicted molar refractivity (Wildman–Crippen MR) is 124 cm³/mol. The van der Waals surface area contributed by atoms with Crippen LogP contribution in [0.5, 0.6) is 0 Å². The number of sulfonamides is 1. The standard InChI is InChI=1S/C22H28N6O4S/c1-5-26(6-2)33(31,32)19-9-7-18(8-10-19)22(30)23-13-14-27-21(29)12-11-20(25-27)28-17(4)15-16(3)24-28/h7-12,15H,5-6,13-14H2,1-4H3,(H,23,30). The van der Waals surface area contributed by atoms with E-state index in [-0.39, 0.29) is 29.5 Å². The maximum Gasteiger partial charge on any atom is 0.266 e. The van der Waals surface area contributed by atoms with Gasteiger partial charge in [0.05, 0.1) is 17.1 Å². The van der Waals surface area contributed by atoms with Gasteiger partial charge in [0.15, 0.2) is 5.82 Å². The molecule has 0 spiro atoms. The molecule has 0 bridgehead atoms. The first-order valence-corrected chi connectivity index (χ1v) is 12.1. The number of benzene rings is 1. The molecule has 2 aromatic heterocycles. The molecule has 0 aliphatic carbocycles. The van der Waals surface area contributed by atoms with Gasteiger partial charge in [-0.25, -0.2) is 17.8 Å². The minimum atomic E-state index is -3.58. The average molecular weight is 473 g/mol. The summed E-state index contributed by atoms with van der Waals surface area (Å²) in [6, 6.07) is 10.7. The zero-order valence-electron chi connectivity index (χ0n) is 19.1. The Balaban J connectivity index is 1.66. The zero-order chi connectivity index (χ0) is 24.2. The molecule has 33 heavy (non-hydrogen) atoms. The molecule has 0 saturated heterocycles. The van der Waals surface area contributed by atoms with Crippen LogP contribution in [-0.2, 0) is 16.6 Å². The minimum absolute atomic E-state index is 0.138. The first-order chi connectivity index (χ1) is 15.7. The molecular weight excluding hydrogens is 444 g/mol. The summed E-state index contributed by atoms with van der Waals surface area (Å²) in [5.41, 5.74) is 1.77. The van der Waals surface area contributed by atoms with E-state index in [9.17, 15) is 18.0 Å². The van der Waals surface area contributed by atoms with Crippen molar-refractivity contribution in [3.63, 3.8) is 0 Å². The summed E-state index contributed by atoms with van der Waals surface area (Å²) in [6.07, 6.45) is 0. The van der Waals surface area contributed by atoms with Crippen LogP contribution < -0.4 is 10.9 Å². The molecule has 0 aliphatic heterocycles. The number of carbonyl (C=O) groups excluding carboxylic acids is 1. The van der Waals surface area contributed by atoms with Crippen molar-refractivity contribution in [3.05, 3.63) is 69.8 Å². The van der Waals surface area contributed by atoms with Crippen LogP contribution in [0.1, 0.15) is 35.6 Å². The first-order valence-electron chi connectivity index (χ1n) is 10.7. The molecule has 10 nitrogen and oxygen atoms in total. The van der Waals surface area contributed by atoms with E-state index in [0.717, 1.165) is 11.4 Å². The molecule has 3 rings (SSSR count). The highest BCUT2D eigenvalue weighted by atomic mass is 32.2. The van der Waals surface area contributed by atoms with Crippen molar-refractivity contribution in [2.75, 3.05) is 19.6 Å². The molecule has 0 radical (unpaired) electrons. The van der Waals surface area contributed by atoms with Crippen LogP contribution >= 0.6 is 0 Å². The van der Waals surface area contributed by atoms with Crippen LogP contribution in [0.15, 0.2) is 52.2 Å². The number of amides is 1. The highest BCUT2D eigenvalue weighted by Gasteiger charge is 2.21. The third-order valence-electron chi connectivity index (χ3n) is 5.15. The monoisotopic (exact) mass is 472 g/mol. The Morgan fingerprint density at radius 2 is 1.70 bits per heavy atom. The predicted octanol–water partition coefficient (Wildman–Crippen LogP) is 1.51. The Labute approximate surface area is 192 Å². The lowest BCUT2D eigenvalue weighted by Gasteiger charge is -2.18. The van der Waals surface area contributed by atoms with Crippen molar-refractivity contribution in [1.82, 2.24) is 29.2 Å². The number of aromatic nitrogens is 4. The van der Waals surface area contributed by atoms with Gasteiger partial charge in [-0.1, -0.05) is 13.8 Å². The number of hydrogen-bond acceptors (Lipinski definition) is 6. The van der Waals surface area contributed by atoms with Gasteiger partial charge in [-0.15, -0.1) is 5.10 Å². The largest absolute Gasteiger partial charge is 0.350 e. The molecular formula is C22H28N6O4S. The number of rotatable bonds is 9. The van der Waals surface area contributed by atoms with Crippen molar-refractivity contribution >= 4 is 15.9 Å². The number of nitrogens with one attached hydrogen (secondary N) is 1. The fraction of sp³-hybridized carbons (Fsp3) is 0.364. The fourth-order valence-electron chi connectivity index (χ4n) is 3.44. The highest BCUT2D eigenvalue weighted by molar-refractivity contribution is 7.89. The average Bonchev–Trinajstić information content (AvgIpc) is 3.13. The van der Waals surface area contributed by atoms with E-state index in [1.165, 1.54) is 39.3 Å². The Bertz CT molecular complexity index is 1290. The van der Waals surface area contributed by atoms with Gasteiger partial charge in [0.2, 0.25) is 10.0 Å². The molecule has 0 atom stereocenters. The Morgan fingerprint density at radius 3 is 2.27 bits per heavy atom. The number of carbonyl (C=O) groups is 1. The molecule has 1 amide bonds. The van der Waals surface area contributed by atoms with Gasteiger partial charge in [0.1, 0.15) is 0 Å². The minimum Gasteiger partial charge on any atom is -0.350 e. The zero-order valence-corrected chi connectivity index (χ0v) is 20.0. The van der Waals surface area contributed by atoms with Crippen molar-refractivity contribution in [2.24, 2.45) is 0 Å². The topological polar surface area (TPSA) is 119 Å². The van der Waals surface area contributed by atoms with Crippen LogP contribution in [0.25, 0.3) is 5.82 Å². The second-order valence-electron chi connectivity index (χ2n) is 7.46. The van der Waals surface area contributed by atoms with Gasteiger partial charge in [-0.2, -0.15) is 9.40 Å². The summed E-state index contributed by atoms with van der Waals surface area (Å²) < 4.78 is 29.4. The van der Waals surface area contributed by atoms with Crippen LogP contribution in [0.4, 0.5) is 0 Å². The molecule has 176 valence electrons. The molecule has 0 aliphatic rings. The lowest BCUT2D eigenvalue weighted by molar-refractivity contribution is 0.0951. The quantitative estimate of drug-likeness (QED) is 0.504. The molecule has 0 saturated carbocycles. The summed E-state index contributed by atoms with van der Waals surface area (Å²) in [4.78, 5) is 24.8. The number of aryl methyl sites for hydroxylation is 2. The van der Waals surface area contributed by atoms with Crippen molar-refractivity contribution in [3.8, 4) is 5.82 Å². The highest BCUT2D eigenvalue weighted by Crippen LogP contribution is 2.16. The normalized spacial score (nSPS) is 11.7. The number of hydrogen-bond donors (Lipinski definition) is 1. The summed E-state index contributed by atoms with van der Waals surface area (Å²) >= 11 is 0. The summed E-state index contributed by atoms with van der Waals surface area (Å²) in [6.45, 7) is 8.41. The van der Waals surface area contributed by atoms with Crippen molar-refractivity contribution in [1.29, 1.82) is 0 Å². The SMILES string of the molecule is CCN(CC)S(=O)(=O)c1ccc(C(=O)NCCn2nc(-n3nc(C)cc3C)ccc2=O)cc1. The van der Waals surface area contributed by atoms with Crippen LogP contribution in [-0.4, -0.2) is 57.8 Å². The molecule has 1 N–H and O–H groups in total. The van der Waals surface area contributed by atoms with E-state index in [1.807, 2.05) is 19.9 Å². The first kappa shape index (κ1) is 24.3. The Morgan fingerprint density at radius 1 is 1.03 bits per heavy atom. The number of nitrogens with zero attached hydrogens (tertiary/aromatic N) is 5. The molecule has 1 aromatic carbocycles. The van der Waals surface area contributed by atoms with Gasteiger partial charge in [0, 0.05) is 37.0 Å². The molecule has 0 fully saturated rings. The molecule has 3 aromatic rings. The molecule has 11 heteroatoms. The lowest BCUT2D eigenvalue weighted by atomic mass is 10.2. The third kappa shape index (κ3) is 5.37. The van der Waals surface area contributed by atoms with Gasteiger partial charge in [-0.05, 0) is 50.2 Å². The van der Waals surface area contributed by atoms with E-state index in [0.29, 0.717) is 24.5 Å². The van der Waals surface area contributed by atoms with E-state index in [2.05, 4.69) is 15.5 Å². The van der Waals surface area contributed by atoms with E-state index in [1.54, 1.807) is 24.6 Å². The van der Waals surface area contributed by atoms with Crippen molar-refractivity contribution < 1.29 is 13.2 Å². The van der Waals surface area contributed by atoms with E-state index < -0.39 is 10.0 Å². The van der Waals surface area contributed by atoms with Gasteiger partial charge in [0.25, 0.3) is 11.5 Å². The summed E-state index contributed by atoms with van der Waals surface area (Å²) in [7, 11) is -3.58. The molecule has 2 heterocycles. The smallest absolute Gasteiger partial charge is 0.266 e. The summed E-state index contributed by atoms with van der Waals surface area (Å²) in [5.74, 6) is 0.140. The van der Waals surface area contributed by atoms with Crippen molar-refractivity contribution in [2.45, 2.75) is 39.1 Å². The third-order valence-corrected chi connectivity index (χ3v) is 7.21. The summed E-state index contributed by atoms with van der Waals surface area (Å²) in [5, 5.41) is 11.4. The van der Waals surface area contributed by atoms with E-state index in [4.69, 9.17) is 0 Å². The second kappa shape index (κ2) is 10.1. The van der Waals surface area contributed by atoms with Gasteiger partial charge >= 0.3 is 0 Å². The lowest BCUT2D eigenvalue weighted by Crippen LogP contribution is -2.32. The molecule has 0 unspecified atom stereocenters. The van der Waals surface area contributed by atoms with Crippen LogP contribution in [0, 0.1) is 13.8 Å². The van der Waals surface area contributed by atoms with Gasteiger partial charge in [-0.3, -0.25) is 9.59 Å². The van der Waals surface area contributed by atoms with Crippen LogP contribution in [0.3, 0.4) is 0 Å². The maximum atomic E-state index is 12.6. The van der Waals surface area contributed by atoms with Crippen LogP contribution in [0.2, 0.25) is 0 Å². The second-order valence-corrected chi connectivity index (χ2v) is 9.40. The van der Waals surface area contributed by atoms with Gasteiger partial charge < -0.3 is 5.32 Å². The Hall–Kier alpha value is -3.31.